The molecular formula is C10H8Cl2O3. The van der Waals surface area contributed by atoms with Crippen molar-refractivity contribution in [2.75, 3.05) is 6.61 Å². The molecule has 0 saturated heterocycles. The Kier molecular flexibility index (Phi) is 4.00. The van der Waals surface area contributed by atoms with Crippen LogP contribution in [0.4, 0.5) is 0 Å². The smallest absolute Gasteiger partial charge is 0.335 e. The van der Waals surface area contributed by atoms with E-state index in [1.165, 1.54) is 18.2 Å². The number of hydrogen-bond donors (Lipinski definition) is 1. The van der Waals surface area contributed by atoms with E-state index in [9.17, 15) is 4.79 Å². The standard InChI is InChI=1S/C10H8Cl2O3/c1-6(11)5-15-9-3-2-7(10(13)14)4-8(9)12/h2-4H,1,5H2,(H,13,14). The number of carboxylic acid groups (broad SMARTS) is 1. The van der Waals surface area contributed by atoms with Gasteiger partial charge in [-0.25, -0.2) is 4.79 Å². The average Bonchev–Trinajstić information content (AvgIpc) is 2.15. The number of hydrogen-bond acceptors (Lipinski definition) is 2. The molecule has 0 unspecified atom stereocenters. The van der Waals surface area contributed by atoms with Gasteiger partial charge in [0.2, 0.25) is 0 Å². The molecule has 1 N–H and O–H groups in total. The van der Waals surface area contributed by atoms with Crippen molar-refractivity contribution in [3.05, 3.63) is 40.4 Å². The molecule has 5 heteroatoms. The Morgan fingerprint density at radius 3 is 2.67 bits per heavy atom. The second-order valence-corrected chi connectivity index (χ2v) is 3.70. The number of carbonyl (C=O) groups is 1. The molecule has 0 fully saturated rings. The molecule has 1 aromatic carbocycles. The quantitative estimate of drug-likeness (QED) is 0.888. The molecule has 0 radical (unpaired) electrons. The van der Waals surface area contributed by atoms with Crippen LogP contribution in [0.25, 0.3) is 0 Å². The number of ether oxygens (including phenoxy) is 1. The van der Waals surface area contributed by atoms with Crippen molar-refractivity contribution in [2.24, 2.45) is 0 Å². The molecular weight excluding hydrogens is 239 g/mol. The first kappa shape index (κ1) is 11.9. The summed E-state index contributed by atoms with van der Waals surface area (Å²) in [5, 5.41) is 9.25. The second-order valence-electron chi connectivity index (χ2n) is 2.76. The van der Waals surface area contributed by atoms with E-state index in [2.05, 4.69) is 6.58 Å². The molecule has 0 amide bonds. The summed E-state index contributed by atoms with van der Waals surface area (Å²) in [4.78, 5) is 10.6. The highest BCUT2D eigenvalue weighted by molar-refractivity contribution is 6.32. The first-order chi connectivity index (χ1) is 7.00. The summed E-state index contributed by atoms with van der Waals surface area (Å²) >= 11 is 11.3. The molecule has 0 heterocycles. The van der Waals surface area contributed by atoms with Gasteiger partial charge in [0.1, 0.15) is 12.4 Å². The summed E-state index contributed by atoms with van der Waals surface area (Å²) in [5.41, 5.74) is 0.108. The van der Waals surface area contributed by atoms with Gasteiger partial charge < -0.3 is 9.84 Å². The molecule has 0 aliphatic rings. The molecule has 1 aromatic rings. The molecule has 0 atom stereocenters. The van der Waals surface area contributed by atoms with E-state index in [-0.39, 0.29) is 17.2 Å². The lowest BCUT2D eigenvalue weighted by atomic mass is 10.2. The maximum absolute atomic E-state index is 10.6. The SMILES string of the molecule is C=C(Cl)COc1ccc(C(=O)O)cc1Cl. The summed E-state index contributed by atoms with van der Waals surface area (Å²) in [6.07, 6.45) is 0. The normalized spacial score (nSPS) is 9.73. The van der Waals surface area contributed by atoms with Gasteiger partial charge in [-0.05, 0) is 18.2 Å². The van der Waals surface area contributed by atoms with Crippen LogP contribution in [0.2, 0.25) is 5.02 Å². The third-order valence-corrected chi connectivity index (χ3v) is 1.97. The van der Waals surface area contributed by atoms with Crippen molar-refractivity contribution in [1.29, 1.82) is 0 Å². The Bertz CT molecular complexity index is 402. The van der Waals surface area contributed by atoms with Gasteiger partial charge in [-0.2, -0.15) is 0 Å². The van der Waals surface area contributed by atoms with E-state index in [1.54, 1.807) is 0 Å². The Balaban J connectivity index is 2.83. The van der Waals surface area contributed by atoms with Gasteiger partial charge in [0.15, 0.2) is 0 Å². The zero-order valence-corrected chi connectivity index (χ0v) is 9.18. The van der Waals surface area contributed by atoms with Crippen molar-refractivity contribution >= 4 is 29.2 Å². The molecule has 80 valence electrons. The van der Waals surface area contributed by atoms with Crippen molar-refractivity contribution in [3.8, 4) is 5.75 Å². The van der Waals surface area contributed by atoms with Gasteiger partial charge >= 0.3 is 5.97 Å². The van der Waals surface area contributed by atoms with Crippen molar-refractivity contribution in [2.45, 2.75) is 0 Å². The van der Waals surface area contributed by atoms with Gasteiger partial charge in [-0.1, -0.05) is 29.8 Å². The fraction of sp³-hybridized carbons (Fsp3) is 0.100. The Labute approximate surface area is 96.9 Å². The largest absolute Gasteiger partial charge is 0.486 e. The predicted molar refractivity (Wildman–Crippen MR) is 58.9 cm³/mol. The van der Waals surface area contributed by atoms with Crippen LogP contribution in [0.5, 0.6) is 5.75 Å². The van der Waals surface area contributed by atoms with Gasteiger partial charge in [0.05, 0.1) is 10.6 Å². The van der Waals surface area contributed by atoms with Gasteiger partial charge in [0.25, 0.3) is 0 Å². The minimum Gasteiger partial charge on any atom is -0.486 e. The first-order valence-electron chi connectivity index (χ1n) is 3.99. The molecule has 15 heavy (non-hydrogen) atoms. The Morgan fingerprint density at radius 2 is 2.20 bits per heavy atom. The van der Waals surface area contributed by atoms with Crippen LogP contribution in [0.1, 0.15) is 10.4 Å². The van der Waals surface area contributed by atoms with Crippen LogP contribution in [-0.2, 0) is 0 Å². The number of carboxylic acids is 1. The van der Waals surface area contributed by atoms with Gasteiger partial charge in [-0.15, -0.1) is 0 Å². The molecule has 0 aromatic heterocycles. The number of halogens is 2. The van der Waals surface area contributed by atoms with Crippen LogP contribution in [-0.4, -0.2) is 17.7 Å². The molecule has 0 spiro atoms. The van der Waals surface area contributed by atoms with Crippen LogP contribution < -0.4 is 4.74 Å². The number of benzene rings is 1. The lowest BCUT2D eigenvalue weighted by Gasteiger charge is -2.07. The fourth-order valence-electron chi connectivity index (χ4n) is 0.907. The predicted octanol–water partition coefficient (Wildman–Crippen LogP) is 3.17. The van der Waals surface area contributed by atoms with Crippen LogP contribution in [0, 0.1) is 0 Å². The van der Waals surface area contributed by atoms with E-state index in [0.717, 1.165) is 0 Å². The monoisotopic (exact) mass is 246 g/mol. The van der Waals surface area contributed by atoms with E-state index in [1.807, 2.05) is 0 Å². The lowest BCUT2D eigenvalue weighted by Crippen LogP contribution is -1.99. The minimum absolute atomic E-state index is 0.108. The maximum atomic E-state index is 10.6. The fourth-order valence-corrected chi connectivity index (χ4v) is 1.20. The summed E-state index contributed by atoms with van der Waals surface area (Å²) in [6, 6.07) is 4.20. The highest BCUT2D eigenvalue weighted by Crippen LogP contribution is 2.25. The zero-order chi connectivity index (χ0) is 11.4. The van der Waals surface area contributed by atoms with E-state index in [0.29, 0.717) is 10.8 Å². The first-order valence-corrected chi connectivity index (χ1v) is 4.75. The molecule has 1 rings (SSSR count). The summed E-state index contributed by atoms with van der Waals surface area (Å²) in [7, 11) is 0. The third-order valence-electron chi connectivity index (χ3n) is 1.56. The minimum atomic E-state index is -1.04. The summed E-state index contributed by atoms with van der Waals surface area (Å²) in [6.45, 7) is 3.58. The Morgan fingerprint density at radius 1 is 1.53 bits per heavy atom. The highest BCUT2D eigenvalue weighted by Gasteiger charge is 2.07. The highest BCUT2D eigenvalue weighted by atomic mass is 35.5. The van der Waals surface area contributed by atoms with Crippen molar-refractivity contribution < 1.29 is 14.6 Å². The maximum Gasteiger partial charge on any atom is 0.335 e. The third kappa shape index (κ3) is 3.46. The molecule has 0 aliphatic carbocycles. The average molecular weight is 247 g/mol. The van der Waals surface area contributed by atoms with Crippen LogP contribution in [0.3, 0.4) is 0 Å². The zero-order valence-electron chi connectivity index (χ0n) is 7.67. The van der Waals surface area contributed by atoms with Crippen LogP contribution >= 0.6 is 23.2 Å². The molecule has 0 aliphatic heterocycles. The molecule has 0 saturated carbocycles. The number of aromatic carboxylic acids is 1. The van der Waals surface area contributed by atoms with E-state index < -0.39 is 5.97 Å². The van der Waals surface area contributed by atoms with Crippen molar-refractivity contribution in [3.63, 3.8) is 0 Å². The number of rotatable bonds is 4. The molecule has 3 nitrogen and oxygen atoms in total. The van der Waals surface area contributed by atoms with Crippen LogP contribution in [0.15, 0.2) is 29.8 Å². The van der Waals surface area contributed by atoms with E-state index in [4.69, 9.17) is 33.0 Å². The summed E-state index contributed by atoms with van der Waals surface area (Å²) in [5.74, 6) is -0.659. The lowest BCUT2D eigenvalue weighted by molar-refractivity contribution is 0.0697. The van der Waals surface area contributed by atoms with Gasteiger partial charge in [-0.3, -0.25) is 0 Å². The summed E-state index contributed by atoms with van der Waals surface area (Å²) < 4.78 is 5.18. The second kappa shape index (κ2) is 5.05. The van der Waals surface area contributed by atoms with Gasteiger partial charge in [0, 0.05) is 5.03 Å². The molecule has 0 bridgehead atoms. The van der Waals surface area contributed by atoms with Crippen molar-refractivity contribution in [1.82, 2.24) is 0 Å². The Hall–Kier alpha value is -1.19. The topological polar surface area (TPSA) is 46.5 Å². The van der Waals surface area contributed by atoms with E-state index >= 15 is 0 Å².